The van der Waals surface area contributed by atoms with E-state index in [1.54, 1.807) is 27.7 Å². The zero-order chi connectivity index (χ0) is 13.0. The van der Waals surface area contributed by atoms with Gasteiger partial charge in [0.25, 0.3) is 0 Å². The fourth-order valence-corrected chi connectivity index (χ4v) is 2.51. The molecule has 104 valence electrons. The molecular formula is C8H20O8Ti. The minimum atomic E-state index is -4.32. The summed E-state index contributed by atoms with van der Waals surface area (Å²) in [7, 11) is 0. The van der Waals surface area contributed by atoms with Gasteiger partial charge in [-0.1, -0.05) is 0 Å². The van der Waals surface area contributed by atoms with Gasteiger partial charge >= 0.3 is 106 Å². The van der Waals surface area contributed by atoms with Crippen LogP contribution >= 0.6 is 0 Å². The van der Waals surface area contributed by atoms with Crippen LogP contribution in [0.5, 0.6) is 0 Å². The van der Waals surface area contributed by atoms with Crippen molar-refractivity contribution in [3.63, 3.8) is 0 Å². The van der Waals surface area contributed by atoms with Crippen LogP contribution in [0.15, 0.2) is 0 Å². The summed E-state index contributed by atoms with van der Waals surface area (Å²) in [4.78, 5) is 19.0. The number of rotatable bonds is 12. The molecule has 0 fully saturated rings. The van der Waals surface area contributed by atoms with E-state index in [0.717, 1.165) is 0 Å². The fourth-order valence-electron chi connectivity index (χ4n) is 0.608. The van der Waals surface area contributed by atoms with Gasteiger partial charge in [0.05, 0.1) is 0 Å². The normalized spacial score (nSPS) is 12.0. The first-order chi connectivity index (χ1) is 8.24. The molecule has 9 heteroatoms. The molecule has 8 nitrogen and oxygen atoms in total. The van der Waals surface area contributed by atoms with Gasteiger partial charge in [-0.15, -0.1) is 0 Å². The Morgan fingerprint density at radius 1 is 0.529 bits per heavy atom. The Morgan fingerprint density at radius 3 is 0.941 bits per heavy atom. The van der Waals surface area contributed by atoms with Gasteiger partial charge < -0.3 is 0 Å². The quantitative estimate of drug-likeness (QED) is 0.305. The van der Waals surface area contributed by atoms with E-state index in [2.05, 4.69) is 0 Å². The van der Waals surface area contributed by atoms with Crippen LogP contribution in [0.4, 0.5) is 0 Å². The Morgan fingerprint density at radius 2 is 0.765 bits per heavy atom. The summed E-state index contributed by atoms with van der Waals surface area (Å²) in [5.74, 6) is 0. The van der Waals surface area contributed by atoms with Gasteiger partial charge in [-0.05, 0) is 0 Å². The van der Waals surface area contributed by atoms with Crippen LogP contribution in [0.25, 0.3) is 0 Å². The molecule has 0 aliphatic heterocycles. The molecule has 0 aromatic heterocycles. The third-order valence-corrected chi connectivity index (χ3v) is 3.13. The zero-order valence-electron chi connectivity index (χ0n) is 10.6. The maximum absolute atomic E-state index is 4.93. The van der Waals surface area contributed by atoms with Crippen LogP contribution in [0.1, 0.15) is 27.7 Å². The van der Waals surface area contributed by atoms with Crippen LogP contribution in [-0.2, 0) is 51.6 Å². The predicted octanol–water partition coefficient (Wildman–Crippen LogP) is 1.67. The molecule has 0 radical (unpaired) electrons. The van der Waals surface area contributed by atoms with E-state index < -0.39 is 18.1 Å². The van der Waals surface area contributed by atoms with Crippen molar-refractivity contribution in [2.24, 2.45) is 0 Å². The summed E-state index contributed by atoms with van der Waals surface area (Å²) in [6.07, 6.45) is 0. The van der Waals surface area contributed by atoms with Crippen molar-refractivity contribution < 1.29 is 51.6 Å². The monoisotopic (exact) mass is 292 g/mol. The molecule has 0 spiro atoms. The molecule has 0 heterocycles. The number of hydrogen-bond donors (Lipinski definition) is 0. The Bertz CT molecular complexity index is 132. The Labute approximate surface area is 106 Å². The molecule has 0 aliphatic rings. The minimum absolute atomic E-state index is 0.285. The molecular weight excluding hydrogens is 272 g/mol. The van der Waals surface area contributed by atoms with Gasteiger partial charge in [-0.25, -0.2) is 0 Å². The van der Waals surface area contributed by atoms with Crippen LogP contribution in [0.2, 0.25) is 0 Å². The van der Waals surface area contributed by atoms with Crippen LogP contribution in [-0.4, -0.2) is 26.4 Å². The van der Waals surface area contributed by atoms with Gasteiger partial charge in [0.15, 0.2) is 0 Å². The van der Waals surface area contributed by atoms with Gasteiger partial charge in [-0.3, -0.25) is 0 Å². The van der Waals surface area contributed by atoms with E-state index in [1.165, 1.54) is 0 Å². The van der Waals surface area contributed by atoms with E-state index in [1.807, 2.05) is 0 Å². The first-order valence-corrected chi connectivity index (χ1v) is 8.02. The molecule has 17 heavy (non-hydrogen) atoms. The molecule has 0 unspecified atom stereocenters. The fraction of sp³-hybridized carbons (Fsp3) is 1.00. The van der Waals surface area contributed by atoms with Crippen molar-refractivity contribution in [1.29, 1.82) is 0 Å². The van der Waals surface area contributed by atoms with Crippen molar-refractivity contribution in [2.75, 3.05) is 26.4 Å². The molecule has 0 rings (SSSR count). The van der Waals surface area contributed by atoms with Gasteiger partial charge in [-0.2, -0.15) is 0 Å². The maximum atomic E-state index is 4.93. The van der Waals surface area contributed by atoms with Crippen molar-refractivity contribution in [1.82, 2.24) is 0 Å². The second-order valence-electron chi connectivity index (χ2n) is 2.46. The average molecular weight is 292 g/mol. The summed E-state index contributed by atoms with van der Waals surface area (Å²) < 4.78 is 19.7. The second-order valence-corrected chi connectivity index (χ2v) is 5.06. The first-order valence-electron chi connectivity index (χ1n) is 5.47. The van der Waals surface area contributed by atoms with E-state index in [4.69, 9.17) is 33.4 Å². The molecule has 0 saturated carbocycles. The summed E-state index contributed by atoms with van der Waals surface area (Å²) in [5, 5.41) is 0. The topological polar surface area (TPSA) is 73.8 Å². The van der Waals surface area contributed by atoms with Crippen molar-refractivity contribution in [3.05, 3.63) is 0 Å². The predicted molar refractivity (Wildman–Crippen MR) is 50.8 cm³/mol. The van der Waals surface area contributed by atoms with Gasteiger partial charge in [0.1, 0.15) is 0 Å². The number of hydrogen-bond acceptors (Lipinski definition) is 8. The molecule has 0 aromatic carbocycles. The standard InChI is InChI=1S/4C2H6O2.Ti/c4*1-2-4-3;/h4*3H,2H2,1H3;/q;;;;+4/p-4. The third-order valence-electron chi connectivity index (χ3n) is 1.12. The molecule has 0 saturated heterocycles. The van der Waals surface area contributed by atoms with Gasteiger partial charge in [0.2, 0.25) is 0 Å². The Hall–Kier alpha value is 0.394. The van der Waals surface area contributed by atoms with E-state index in [0.29, 0.717) is 0 Å². The van der Waals surface area contributed by atoms with E-state index >= 15 is 0 Å². The van der Waals surface area contributed by atoms with Crippen LogP contribution in [0.3, 0.4) is 0 Å². The van der Waals surface area contributed by atoms with Crippen molar-refractivity contribution >= 4 is 0 Å². The molecule has 0 aliphatic carbocycles. The molecule has 0 amide bonds. The first kappa shape index (κ1) is 17.4. The SMILES string of the molecule is CCO[O][Ti]([O]OCC)([O]OCC)[O]OCC. The van der Waals surface area contributed by atoms with E-state index in [-0.39, 0.29) is 26.4 Å². The van der Waals surface area contributed by atoms with Crippen molar-refractivity contribution in [3.8, 4) is 0 Å². The molecule has 0 bridgehead atoms. The Balaban J connectivity index is 4.39. The van der Waals surface area contributed by atoms with E-state index in [9.17, 15) is 0 Å². The third kappa shape index (κ3) is 8.17. The van der Waals surface area contributed by atoms with Crippen molar-refractivity contribution in [2.45, 2.75) is 27.7 Å². The van der Waals surface area contributed by atoms with Crippen LogP contribution in [0, 0.1) is 0 Å². The molecule has 0 atom stereocenters. The summed E-state index contributed by atoms with van der Waals surface area (Å²) in [5.41, 5.74) is 0. The summed E-state index contributed by atoms with van der Waals surface area (Å²) in [6, 6.07) is 0. The summed E-state index contributed by atoms with van der Waals surface area (Å²) >= 11 is -4.32. The zero-order valence-corrected chi connectivity index (χ0v) is 12.2. The van der Waals surface area contributed by atoms with Gasteiger partial charge in [0, 0.05) is 0 Å². The second kappa shape index (κ2) is 11.5. The molecule has 0 aromatic rings. The van der Waals surface area contributed by atoms with Crippen LogP contribution < -0.4 is 0 Å². The average Bonchev–Trinajstić information content (AvgIpc) is 2.37. The Kier molecular flexibility index (Phi) is 11.7. The molecule has 0 N–H and O–H groups in total. The summed E-state index contributed by atoms with van der Waals surface area (Å²) in [6.45, 7) is 8.07.